The SMILES string of the molecule is COC(=O)[C@@H](NC(c1ccccc1)(c1ccccc1)c1ccccc1)C(C)OCc1ccccc1. The molecule has 0 bridgehead atoms. The molecule has 0 aliphatic carbocycles. The van der Waals surface area contributed by atoms with Crippen LogP contribution in [-0.4, -0.2) is 25.2 Å². The lowest BCUT2D eigenvalue weighted by atomic mass is 9.76. The zero-order valence-corrected chi connectivity index (χ0v) is 20.1. The molecule has 1 unspecified atom stereocenters. The fourth-order valence-electron chi connectivity index (χ4n) is 4.44. The maximum atomic E-state index is 13.2. The van der Waals surface area contributed by atoms with Gasteiger partial charge >= 0.3 is 5.97 Å². The number of hydrogen-bond acceptors (Lipinski definition) is 4. The molecule has 4 aromatic carbocycles. The topological polar surface area (TPSA) is 47.6 Å². The van der Waals surface area contributed by atoms with Gasteiger partial charge in [0.05, 0.1) is 25.4 Å². The summed E-state index contributed by atoms with van der Waals surface area (Å²) in [6.45, 7) is 2.30. The molecule has 4 heteroatoms. The lowest BCUT2D eigenvalue weighted by Crippen LogP contribution is -2.57. The number of hydrogen-bond donors (Lipinski definition) is 1. The second-order valence-corrected chi connectivity index (χ2v) is 8.49. The lowest BCUT2D eigenvalue weighted by Gasteiger charge is -2.40. The summed E-state index contributed by atoms with van der Waals surface area (Å²) in [6, 6.07) is 39.8. The van der Waals surface area contributed by atoms with E-state index in [1.54, 1.807) is 0 Å². The summed E-state index contributed by atoms with van der Waals surface area (Å²) in [6.07, 6.45) is -0.460. The second-order valence-electron chi connectivity index (χ2n) is 8.49. The maximum absolute atomic E-state index is 13.2. The van der Waals surface area contributed by atoms with E-state index in [0.717, 1.165) is 22.3 Å². The van der Waals surface area contributed by atoms with Crippen LogP contribution in [0.2, 0.25) is 0 Å². The monoisotopic (exact) mass is 465 g/mol. The number of ether oxygens (including phenoxy) is 2. The maximum Gasteiger partial charge on any atom is 0.325 e. The van der Waals surface area contributed by atoms with E-state index in [2.05, 4.69) is 41.7 Å². The van der Waals surface area contributed by atoms with Crippen molar-refractivity contribution in [1.29, 1.82) is 0 Å². The Morgan fingerprint density at radius 1 is 0.714 bits per heavy atom. The van der Waals surface area contributed by atoms with Crippen LogP contribution >= 0.6 is 0 Å². The second kappa shape index (κ2) is 11.6. The molecule has 0 aliphatic heterocycles. The van der Waals surface area contributed by atoms with E-state index < -0.39 is 17.7 Å². The van der Waals surface area contributed by atoms with E-state index in [4.69, 9.17) is 9.47 Å². The minimum absolute atomic E-state index is 0.377. The van der Waals surface area contributed by atoms with Gasteiger partial charge in [0.2, 0.25) is 0 Å². The lowest BCUT2D eigenvalue weighted by molar-refractivity contribution is -0.148. The van der Waals surface area contributed by atoms with Gasteiger partial charge in [0.25, 0.3) is 0 Å². The van der Waals surface area contributed by atoms with Crippen molar-refractivity contribution in [2.75, 3.05) is 7.11 Å². The molecule has 0 aromatic heterocycles. The van der Waals surface area contributed by atoms with Crippen LogP contribution in [0, 0.1) is 0 Å². The minimum Gasteiger partial charge on any atom is -0.468 e. The molecule has 4 nitrogen and oxygen atoms in total. The molecule has 178 valence electrons. The molecule has 35 heavy (non-hydrogen) atoms. The van der Waals surface area contributed by atoms with Crippen LogP contribution in [-0.2, 0) is 26.4 Å². The summed E-state index contributed by atoms with van der Waals surface area (Å²) in [4.78, 5) is 13.2. The van der Waals surface area contributed by atoms with Crippen LogP contribution in [0.3, 0.4) is 0 Å². The quantitative estimate of drug-likeness (QED) is 0.241. The van der Waals surface area contributed by atoms with Gasteiger partial charge in [-0.2, -0.15) is 0 Å². The molecule has 0 amide bonds. The predicted molar refractivity (Wildman–Crippen MR) is 139 cm³/mol. The number of rotatable bonds is 10. The summed E-state index contributed by atoms with van der Waals surface area (Å²) in [5.41, 5.74) is 3.28. The van der Waals surface area contributed by atoms with E-state index in [1.807, 2.05) is 91.9 Å². The highest BCUT2D eigenvalue weighted by Crippen LogP contribution is 2.37. The van der Waals surface area contributed by atoms with Crippen molar-refractivity contribution >= 4 is 5.97 Å². The van der Waals surface area contributed by atoms with Gasteiger partial charge in [-0.15, -0.1) is 0 Å². The Kier molecular flexibility index (Phi) is 8.09. The molecule has 2 atom stereocenters. The van der Waals surface area contributed by atoms with Gasteiger partial charge in [-0.1, -0.05) is 121 Å². The summed E-state index contributed by atoms with van der Waals surface area (Å²) in [5, 5.41) is 3.70. The predicted octanol–water partition coefficient (Wildman–Crippen LogP) is 5.72. The molecule has 0 aliphatic rings. The van der Waals surface area contributed by atoms with Crippen LogP contribution in [0.5, 0.6) is 0 Å². The third-order valence-electron chi connectivity index (χ3n) is 6.27. The highest BCUT2D eigenvalue weighted by molar-refractivity contribution is 5.77. The number of carbonyl (C=O) groups is 1. The van der Waals surface area contributed by atoms with Gasteiger partial charge in [-0.05, 0) is 29.2 Å². The molecule has 4 aromatic rings. The smallest absolute Gasteiger partial charge is 0.325 e. The van der Waals surface area contributed by atoms with Crippen molar-refractivity contribution in [3.8, 4) is 0 Å². The van der Waals surface area contributed by atoms with Crippen molar-refractivity contribution in [2.24, 2.45) is 0 Å². The van der Waals surface area contributed by atoms with Crippen molar-refractivity contribution in [2.45, 2.75) is 31.2 Å². The fourth-order valence-corrected chi connectivity index (χ4v) is 4.44. The average molecular weight is 466 g/mol. The molecule has 4 rings (SSSR count). The Bertz CT molecular complexity index is 1080. The first-order valence-electron chi connectivity index (χ1n) is 11.8. The summed E-state index contributed by atoms with van der Waals surface area (Å²) < 4.78 is 11.5. The first kappa shape index (κ1) is 24.4. The molecule has 1 N–H and O–H groups in total. The van der Waals surface area contributed by atoms with Gasteiger partial charge in [0.15, 0.2) is 0 Å². The van der Waals surface area contributed by atoms with E-state index in [9.17, 15) is 4.79 Å². The third kappa shape index (κ3) is 5.51. The van der Waals surface area contributed by atoms with E-state index >= 15 is 0 Å². The number of nitrogens with one attached hydrogen (secondary N) is 1. The van der Waals surface area contributed by atoms with Gasteiger partial charge in [0.1, 0.15) is 6.04 Å². The minimum atomic E-state index is -0.812. The first-order chi connectivity index (χ1) is 17.1. The van der Waals surface area contributed by atoms with Crippen LogP contribution in [0.25, 0.3) is 0 Å². The number of carbonyl (C=O) groups excluding carboxylic acids is 1. The van der Waals surface area contributed by atoms with E-state index in [1.165, 1.54) is 7.11 Å². The highest BCUT2D eigenvalue weighted by atomic mass is 16.5. The van der Waals surface area contributed by atoms with Gasteiger partial charge in [-0.3, -0.25) is 10.1 Å². The number of methoxy groups -OCH3 is 1. The molecule has 0 fully saturated rings. The van der Waals surface area contributed by atoms with Gasteiger partial charge in [0, 0.05) is 0 Å². The van der Waals surface area contributed by atoms with Crippen molar-refractivity contribution in [3.05, 3.63) is 144 Å². The Hall–Kier alpha value is -3.73. The van der Waals surface area contributed by atoms with Crippen molar-refractivity contribution in [1.82, 2.24) is 5.32 Å². The van der Waals surface area contributed by atoms with E-state index in [-0.39, 0.29) is 5.97 Å². The normalized spacial score (nSPS) is 13.1. The number of benzene rings is 4. The fraction of sp³-hybridized carbons (Fsp3) is 0.194. The molecular weight excluding hydrogens is 434 g/mol. The van der Waals surface area contributed by atoms with Crippen LogP contribution in [0.4, 0.5) is 0 Å². The molecular formula is C31H31NO3. The molecule has 0 saturated carbocycles. The van der Waals surface area contributed by atoms with Crippen LogP contribution in [0.15, 0.2) is 121 Å². The zero-order valence-electron chi connectivity index (χ0n) is 20.1. The third-order valence-corrected chi connectivity index (χ3v) is 6.27. The molecule has 0 heterocycles. The Morgan fingerprint density at radius 3 is 1.51 bits per heavy atom. The van der Waals surface area contributed by atoms with Gasteiger partial charge in [-0.25, -0.2) is 0 Å². The number of esters is 1. The standard InChI is InChI=1S/C31H31NO3/c1-24(35-23-25-15-7-3-8-16-25)29(30(33)34-2)32-31(26-17-9-4-10-18-26,27-19-11-5-12-20-27)28-21-13-6-14-22-28/h3-22,24,29,32H,23H2,1-2H3/t24?,29-/m0/s1. The Labute approximate surface area is 207 Å². The Balaban J connectivity index is 1.80. The average Bonchev–Trinajstić information content (AvgIpc) is 2.94. The van der Waals surface area contributed by atoms with Crippen molar-refractivity contribution in [3.63, 3.8) is 0 Å². The van der Waals surface area contributed by atoms with Gasteiger partial charge < -0.3 is 9.47 Å². The molecule has 0 radical (unpaired) electrons. The van der Waals surface area contributed by atoms with Crippen molar-refractivity contribution < 1.29 is 14.3 Å². The van der Waals surface area contributed by atoms with E-state index in [0.29, 0.717) is 6.61 Å². The highest BCUT2D eigenvalue weighted by Gasteiger charge is 2.42. The molecule has 0 saturated heterocycles. The zero-order chi connectivity index (χ0) is 24.5. The molecule has 0 spiro atoms. The largest absolute Gasteiger partial charge is 0.468 e. The summed E-state index contributed by atoms with van der Waals surface area (Å²) in [5.74, 6) is -0.377. The summed E-state index contributed by atoms with van der Waals surface area (Å²) >= 11 is 0. The van der Waals surface area contributed by atoms with Crippen LogP contribution < -0.4 is 5.32 Å². The Morgan fingerprint density at radius 2 is 1.11 bits per heavy atom. The summed E-state index contributed by atoms with van der Waals surface area (Å²) in [7, 11) is 1.41. The van der Waals surface area contributed by atoms with Crippen LogP contribution in [0.1, 0.15) is 29.2 Å². The first-order valence-corrected chi connectivity index (χ1v) is 11.8.